The van der Waals surface area contributed by atoms with E-state index in [1.807, 2.05) is 4.90 Å². The number of piperazine rings is 1. The van der Waals surface area contributed by atoms with Gasteiger partial charge in [-0.15, -0.1) is 0 Å². The molecule has 22 heavy (non-hydrogen) atoms. The van der Waals surface area contributed by atoms with Gasteiger partial charge in [0, 0.05) is 44.6 Å². The van der Waals surface area contributed by atoms with Crippen LogP contribution in [-0.4, -0.2) is 56.8 Å². The molecule has 122 valence electrons. The number of alkyl halides is 3. The van der Waals surface area contributed by atoms with Crippen LogP contribution in [0.15, 0.2) is 18.2 Å². The van der Waals surface area contributed by atoms with E-state index in [1.54, 1.807) is 18.2 Å². The minimum atomic E-state index is -4.17. The van der Waals surface area contributed by atoms with Crippen molar-refractivity contribution in [3.63, 3.8) is 0 Å². The van der Waals surface area contributed by atoms with Crippen LogP contribution in [-0.2, 0) is 0 Å². The van der Waals surface area contributed by atoms with E-state index in [0.29, 0.717) is 37.4 Å². The fourth-order valence-electron chi connectivity index (χ4n) is 2.49. The van der Waals surface area contributed by atoms with Gasteiger partial charge in [0.05, 0.1) is 12.1 Å². The minimum absolute atomic E-state index is 0.282. The standard InChI is InChI=1S/C14H19F3N4O/c1-19-13(22)11-8-10(2-3-12(11)18)21-6-4-20(5-7-21)9-14(15,16)17/h2-3,8H,4-7,9,18H2,1H3,(H,19,22). The summed E-state index contributed by atoms with van der Waals surface area (Å²) in [4.78, 5) is 15.1. The summed E-state index contributed by atoms with van der Waals surface area (Å²) in [7, 11) is 1.52. The van der Waals surface area contributed by atoms with Gasteiger partial charge in [0.25, 0.3) is 5.91 Å². The van der Waals surface area contributed by atoms with Crippen LogP contribution in [0.3, 0.4) is 0 Å². The molecule has 8 heteroatoms. The number of nitrogens with one attached hydrogen (secondary N) is 1. The maximum absolute atomic E-state index is 12.4. The number of benzene rings is 1. The molecule has 2 rings (SSSR count). The van der Waals surface area contributed by atoms with Gasteiger partial charge in [-0.3, -0.25) is 9.69 Å². The van der Waals surface area contributed by atoms with Gasteiger partial charge in [0.1, 0.15) is 0 Å². The SMILES string of the molecule is CNC(=O)c1cc(N2CCN(CC(F)(F)F)CC2)ccc1N. The zero-order chi connectivity index (χ0) is 16.3. The second kappa shape index (κ2) is 6.43. The first-order valence-electron chi connectivity index (χ1n) is 6.96. The predicted octanol–water partition coefficient (Wildman–Crippen LogP) is 1.31. The topological polar surface area (TPSA) is 61.6 Å². The van der Waals surface area contributed by atoms with Crippen LogP contribution < -0.4 is 16.0 Å². The molecule has 1 aliphatic rings. The molecule has 0 bridgehead atoms. The van der Waals surface area contributed by atoms with E-state index in [1.165, 1.54) is 11.9 Å². The van der Waals surface area contributed by atoms with Crippen LogP contribution >= 0.6 is 0 Å². The Balaban J connectivity index is 2.04. The van der Waals surface area contributed by atoms with E-state index in [-0.39, 0.29) is 5.91 Å². The van der Waals surface area contributed by atoms with Gasteiger partial charge in [0.15, 0.2) is 0 Å². The highest BCUT2D eigenvalue weighted by molar-refractivity contribution is 6.00. The maximum Gasteiger partial charge on any atom is 0.401 e. The molecular weight excluding hydrogens is 297 g/mol. The van der Waals surface area contributed by atoms with Gasteiger partial charge in [-0.1, -0.05) is 0 Å². The molecule has 0 atom stereocenters. The zero-order valence-electron chi connectivity index (χ0n) is 12.3. The van der Waals surface area contributed by atoms with Gasteiger partial charge in [-0.25, -0.2) is 0 Å². The summed E-state index contributed by atoms with van der Waals surface area (Å²) in [6.45, 7) is 0.741. The van der Waals surface area contributed by atoms with Crippen LogP contribution in [0.5, 0.6) is 0 Å². The smallest absolute Gasteiger partial charge is 0.398 e. The summed E-state index contributed by atoms with van der Waals surface area (Å²) >= 11 is 0. The van der Waals surface area contributed by atoms with Gasteiger partial charge in [-0.2, -0.15) is 13.2 Å². The lowest BCUT2D eigenvalue weighted by atomic mass is 10.1. The Kier molecular flexibility index (Phi) is 4.80. The summed E-state index contributed by atoms with van der Waals surface area (Å²) in [5, 5.41) is 2.51. The summed E-state index contributed by atoms with van der Waals surface area (Å²) in [5.41, 5.74) is 7.31. The lowest BCUT2D eigenvalue weighted by Crippen LogP contribution is -2.49. The normalized spacial score (nSPS) is 16.6. The Morgan fingerprint density at radius 3 is 2.45 bits per heavy atom. The second-order valence-corrected chi connectivity index (χ2v) is 5.23. The van der Waals surface area contributed by atoms with Crippen LogP contribution in [0.1, 0.15) is 10.4 Å². The summed E-state index contributed by atoms with van der Waals surface area (Å²) in [6, 6.07) is 5.09. The fourth-order valence-corrected chi connectivity index (χ4v) is 2.49. The van der Waals surface area contributed by atoms with Crippen molar-refractivity contribution < 1.29 is 18.0 Å². The molecule has 1 heterocycles. The number of halogens is 3. The molecule has 3 N–H and O–H groups in total. The number of carbonyl (C=O) groups excluding carboxylic acids is 1. The molecule has 0 aliphatic carbocycles. The maximum atomic E-state index is 12.4. The predicted molar refractivity (Wildman–Crippen MR) is 79.0 cm³/mol. The molecule has 1 fully saturated rings. The molecular formula is C14H19F3N4O. The number of hydrogen-bond donors (Lipinski definition) is 2. The molecule has 0 saturated carbocycles. The number of hydrogen-bond acceptors (Lipinski definition) is 4. The molecule has 0 aromatic heterocycles. The van der Waals surface area contributed by atoms with E-state index < -0.39 is 12.7 Å². The van der Waals surface area contributed by atoms with Crippen LogP contribution in [0.25, 0.3) is 0 Å². The third-order valence-corrected chi connectivity index (χ3v) is 3.65. The Labute approximate surface area is 126 Å². The monoisotopic (exact) mass is 316 g/mol. The number of carbonyl (C=O) groups is 1. The quantitative estimate of drug-likeness (QED) is 0.826. The number of nitrogens with two attached hydrogens (primary N) is 1. The first kappa shape index (κ1) is 16.4. The summed E-state index contributed by atoms with van der Waals surface area (Å²) in [5.74, 6) is -0.282. The number of nitrogen functional groups attached to an aromatic ring is 1. The molecule has 0 radical (unpaired) electrons. The van der Waals surface area contributed by atoms with Crippen molar-refractivity contribution in [3.8, 4) is 0 Å². The number of nitrogens with zero attached hydrogens (tertiary/aromatic N) is 2. The van der Waals surface area contributed by atoms with E-state index in [2.05, 4.69) is 5.32 Å². The lowest BCUT2D eigenvalue weighted by molar-refractivity contribution is -0.146. The Hall–Kier alpha value is -1.96. The Morgan fingerprint density at radius 1 is 1.27 bits per heavy atom. The van der Waals surface area contributed by atoms with Crippen LogP contribution in [0.2, 0.25) is 0 Å². The van der Waals surface area contributed by atoms with Crippen LogP contribution in [0, 0.1) is 0 Å². The van der Waals surface area contributed by atoms with Gasteiger partial charge < -0.3 is 16.0 Å². The highest BCUT2D eigenvalue weighted by Crippen LogP contribution is 2.24. The lowest BCUT2D eigenvalue weighted by Gasteiger charge is -2.36. The van der Waals surface area contributed by atoms with Crippen molar-refractivity contribution in [2.24, 2.45) is 0 Å². The average molecular weight is 316 g/mol. The van der Waals surface area contributed by atoms with Crippen LogP contribution in [0.4, 0.5) is 24.5 Å². The highest BCUT2D eigenvalue weighted by Gasteiger charge is 2.32. The number of rotatable bonds is 3. The third-order valence-electron chi connectivity index (χ3n) is 3.65. The Bertz CT molecular complexity index is 539. The molecule has 1 amide bonds. The van der Waals surface area contributed by atoms with E-state index in [0.717, 1.165) is 5.69 Å². The van der Waals surface area contributed by atoms with Crippen molar-refractivity contribution >= 4 is 17.3 Å². The first-order chi connectivity index (χ1) is 10.3. The van der Waals surface area contributed by atoms with Crippen molar-refractivity contribution in [2.45, 2.75) is 6.18 Å². The highest BCUT2D eigenvalue weighted by atomic mass is 19.4. The fraction of sp³-hybridized carbons (Fsp3) is 0.500. The molecule has 5 nitrogen and oxygen atoms in total. The molecule has 1 aliphatic heterocycles. The van der Waals surface area contributed by atoms with E-state index in [9.17, 15) is 18.0 Å². The van der Waals surface area contributed by atoms with E-state index in [4.69, 9.17) is 5.73 Å². The molecule has 0 spiro atoms. The third kappa shape index (κ3) is 4.03. The van der Waals surface area contributed by atoms with Gasteiger partial charge in [-0.05, 0) is 18.2 Å². The zero-order valence-corrected chi connectivity index (χ0v) is 12.3. The Morgan fingerprint density at radius 2 is 1.91 bits per heavy atom. The van der Waals surface area contributed by atoms with Crippen molar-refractivity contribution in [2.75, 3.05) is 50.4 Å². The van der Waals surface area contributed by atoms with Crippen molar-refractivity contribution in [3.05, 3.63) is 23.8 Å². The first-order valence-corrected chi connectivity index (χ1v) is 6.96. The molecule has 1 aromatic rings. The van der Waals surface area contributed by atoms with Gasteiger partial charge in [0.2, 0.25) is 0 Å². The summed E-state index contributed by atoms with van der Waals surface area (Å²) in [6.07, 6.45) is -4.17. The van der Waals surface area contributed by atoms with Gasteiger partial charge >= 0.3 is 6.18 Å². The largest absolute Gasteiger partial charge is 0.401 e. The van der Waals surface area contributed by atoms with Crippen molar-refractivity contribution in [1.29, 1.82) is 0 Å². The van der Waals surface area contributed by atoms with Crippen molar-refractivity contribution in [1.82, 2.24) is 10.2 Å². The van der Waals surface area contributed by atoms with E-state index >= 15 is 0 Å². The minimum Gasteiger partial charge on any atom is -0.398 e. The average Bonchev–Trinajstić information content (AvgIpc) is 2.46. The number of anilines is 2. The number of amides is 1. The second-order valence-electron chi connectivity index (χ2n) is 5.23. The summed E-state index contributed by atoms with van der Waals surface area (Å²) < 4.78 is 37.1. The molecule has 1 aromatic carbocycles. The molecule has 0 unspecified atom stereocenters. The molecule has 1 saturated heterocycles.